The molecule has 2 aromatic heterocycles. The number of aromatic nitrogens is 2. The number of rotatable bonds is 4. The van der Waals surface area contributed by atoms with Crippen LogP contribution in [-0.4, -0.2) is 9.97 Å². The van der Waals surface area contributed by atoms with Gasteiger partial charge in [-0.15, -0.1) is 11.3 Å². The Balaban J connectivity index is 1.56. The van der Waals surface area contributed by atoms with Gasteiger partial charge < -0.3 is 9.72 Å². The molecule has 4 nitrogen and oxygen atoms in total. The minimum Gasteiger partial charge on any atom is -0.488 e. The van der Waals surface area contributed by atoms with Crippen LogP contribution >= 0.6 is 27.3 Å². The van der Waals surface area contributed by atoms with Gasteiger partial charge in [0.05, 0.1) is 10.9 Å². The first-order valence-corrected chi connectivity index (χ1v) is 11.4. The Kier molecular flexibility index (Phi) is 5.16. The zero-order valence-corrected chi connectivity index (χ0v) is 18.4. The Hall–Kier alpha value is -2.51. The lowest BCUT2D eigenvalue weighted by atomic mass is 9.97. The summed E-state index contributed by atoms with van der Waals surface area (Å²) in [6, 6.07) is 12.0. The highest BCUT2D eigenvalue weighted by atomic mass is 79.9. The van der Waals surface area contributed by atoms with Gasteiger partial charge in [0.2, 0.25) is 0 Å². The Labute approximate surface area is 184 Å². The van der Waals surface area contributed by atoms with Crippen LogP contribution in [0.3, 0.4) is 0 Å². The van der Waals surface area contributed by atoms with Crippen molar-refractivity contribution < 1.29 is 9.13 Å². The van der Waals surface area contributed by atoms with Crippen molar-refractivity contribution in [1.29, 1.82) is 0 Å². The van der Waals surface area contributed by atoms with E-state index in [2.05, 4.69) is 20.9 Å². The van der Waals surface area contributed by atoms with Gasteiger partial charge in [-0.2, -0.15) is 0 Å². The number of benzene rings is 2. The number of aromatic amines is 1. The summed E-state index contributed by atoms with van der Waals surface area (Å²) < 4.78 is 20.7. The number of hydrogen-bond donors (Lipinski definition) is 1. The highest BCUT2D eigenvalue weighted by molar-refractivity contribution is 9.10. The van der Waals surface area contributed by atoms with Crippen LogP contribution < -0.4 is 10.3 Å². The standard InChI is InChI=1S/C23H18BrFN2O2S/c24-14-9-10-18(29-12-13-5-1-3-7-17(13)25)16(11-14)21-26-22(28)20-15-6-2-4-8-19(15)30-23(20)27-21/h1,3,5,7,9-11H,2,4,6,8,12H2,(H,26,27,28). The average Bonchev–Trinajstić information content (AvgIpc) is 3.13. The number of hydrogen-bond acceptors (Lipinski definition) is 4. The van der Waals surface area contributed by atoms with E-state index in [9.17, 15) is 9.18 Å². The molecule has 30 heavy (non-hydrogen) atoms. The molecule has 0 bridgehead atoms. The maximum absolute atomic E-state index is 14.0. The minimum atomic E-state index is -0.312. The van der Waals surface area contributed by atoms with E-state index in [4.69, 9.17) is 9.72 Å². The molecule has 2 heterocycles. The molecule has 0 atom stereocenters. The first-order valence-electron chi connectivity index (χ1n) is 9.81. The van der Waals surface area contributed by atoms with Gasteiger partial charge >= 0.3 is 0 Å². The predicted octanol–water partition coefficient (Wildman–Crippen LogP) is 6.01. The van der Waals surface area contributed by atoms with E-state index >= 15 is 0 Å². The van der Waals surface area contributed by atoms with Crippen LogP contribution in [-0.2, 0) is 19.4 Å². The number of thiophene rings is 1. The molecule has 7 heteroatoms. The normalized spacial score (nSPS) is 13.4. The van der Waals surface area contributed by atoms with Gasteiger partial charge in [-0.1, -0.05) is 34.1 Å². The third kappa shape index (κ3) is 3.56. The molecule has 0 amide bonds. The number of halogens is 2. The molecule has 2 aromatic carbocycles. The highest BCUT2D eigenvalue weighted by Crippen LogP contribution is 2.36. The first kappa shape index (κ1) is 19.5. The number of fused-ring (bicyclic) bond motifs is 3. The van der Waals surface area contributed by atoms with E-state index in [0.29, 0.717) is 22.7 Å². The number of ether oxygens (including phenoxy) is 1. The molecule has 0 aliphatic heterocycles. The Morgan fingerprint density at radius 2 is 2.00 bits per heavy atom. The maximum atomic E-state index is 14.0. The van der Waals surface area contributed by atoms with Gasteiger partial charge in [0, 0.05) is 14.9 Å². The van der Waals surface area contributed by atoms with Crippen LogP contribution in [0.4, 0.5) is 4.39 Å². The second-order valence-corrected chi connectivity index (χ2v) is 9.33. The zero-order valence-electron chi connectivity index (χ0n) is 16.0. The van der Waals surface area contributed by atoms with E-state index in [1.54, 1.807) is 35.6 Å². The van der Waals surface area contributed by atoms with E-state index in [0.717, 1.165) is 45.9 Å². The van der Waals surface area contributed by atoms with Crippen molar-refractivity contribution >= 4 is 37.5 Å². The average molecular weight is 485 g/mol. The molecule has 0 spiro atoms. The molecule has 4 aromatic rings. The van der Waals surface area contributed by atoms with Crippen LogP contribution in [0.25, 0.3) is 21.6 Å². The van der Waals surface area contributed by atoms with E-state index in [1.165, 1.54) is 10.9 Å². The van der Waals surface area contributed by atoms with Gasteiger partial charge in [-0.3, -0.25) is 4.79 Å². The lowest BCUT2D eigenvalue weighted by molar-refractivity contribution is 0.301. The van der Waals surface area contributed by atoms with Crippen LogP contribution in [0.2, 0.25) is 0 Å². The van der Waals surface area contributed by atoms with Crippen molar-refractivity contribution in [1.82, 2.24) is 9.97 Å². The molecule has 0 saturated heterocycles. The van der Waals surface area contributed by atoms with Crippen LogP contribution in [0, 0.1) is 5.82 Å². The molecular formula is C23H18BrFN2O2S. The molecule has 5 rings (SSSR count). The summed E-state index contributed by atoms with van der Waals surface area (Å²) in [4.78, 5) is 22.7. The Morgan fingerprint density at radius 3 is 2.87 bits per heavy atom. The molecule has 0 saturated carbocycles. The number of aryl methyl sites for hydroxylation is 2. The number of H-pyrrole nitrogens is 1. The summed E-state index contributed by atoms with van der Waals surface area (Å²) in [5.41, 5.74) is 2.17. The van der Waals surface area contributed by atoms with Gasteiger partial charge in [0.25, 0.3) is 5.56 Å². The smallest absolute Gasteiger partial charge is 0.260 e. The van der Waals surface area contributed by atoms with E-state index in [-0.39, 0.29) is 18.0 Å². The fourth-order valence-electron chi connectivity index (χ4n) is 3.88. The summed E-state index contributed by atoms with van der Waals surface area (Å²) in [6.07, 6.45) is 4.22. The summed E-state index contributed by atoms with van der Waals surface area (Å²) in [5.74, 6) is 0.675. The third-order valence-electron chi connectivity index (χ3n) is 5.36. The topological polar surface area (TPSA) is 55.0 Å². The van der Waals surface area contributed by atoms with E-state index in [1.807, 2.05) is 12.1 Å². The van der Waals surface area contributed by atoms with Crippen LogP contribution in [0.15, 0.2) is 51.7 Å². The molecular weight excluding hydrogens is 467 g/mol. The largest absolute Gasteiger partial charge is 0.488 e. The first-order chi connectivity index (χ1) is 14.6. The Morgan fingerprint density at radius 1 is 1.17 bits per heavy atom. The van der Waals surface area contributed by atoms with E-state index < -0.39 is 0 Å². The molecule has 1 aliphatic rings. The predicted molar refractivity (Wildman–Crippen MR) is 121 cm³/mol. The second kappa shape index (κ2) is 7.96. The molecule has 0 radical (unpaired) electrons. The van der Waals surface area contributed by atoms with Crippen LogP contribution in [0.1, 0.15) is 28.8 Å². The fourth-order valence-corrected chi connectivity index (χ4v) is 5.50. The quantitative estimate of drug-likeness (QED) is 0.385. The molecule has 152 valence electrons. The van der Waals surface area contributed by atoms with Gasteiger partial charge in [0.15, 0.2) is 0 Å². The minimum absolute atomic E-state index is 0.0844. The molecule has 0 unspecified atom stereocenters. The molecule has 0 fully saturated rings. The van der Waals surface area contributed by atoms with Crippen molar-refractivity contribution in [2.45, 2.75) is 32.3 Å². The third-order valence-corrected chi connectivity index (χ3v) is 7.04. The number of nitrogens with zero attached hydrogens (tertiary/aromatic N) is 1. The van der Waals surface area contributed by atoms with Gasteiger partial charge in [-0.25, -0.2) is 9.37 Å². The van der Waals surface area contributed by atoms with Crippen molar-refractivity contribution in [3.05, 3.63) is 79.1 Å². The maximum Gasteiger partial charge on any atom is 0.260 e. The summed E-state index contributed by atoms with van der Waals surface area (Å²) >= 11 is 5.09. The lowest BCUT2D eigenvalue weighted by Gasteiger charge is -2.12. The lowest BCUT2D eigenvalue weighted by Crippen LogP contribution is -2.11. The summed E-state index contributed by atoms with van der Waals surface area (Å²) in [5, 5.41) is 0.724. The monoisotopic (exact) mass is 484 g/mol. The molecule has 1 aliphatic carbocycles. The van der Waals surface area contributed by atoms with Crippen molar-refractivity contribution in [3.63, 3.8) is 0 Å². The van der Waals surface area contributed by atoms with Gasteiger partial charge in [0.1, 0.15) is 28.8 Å². The SMILES string of the molecule is O=c1[nH]c(-c2cc(Br)ccc2OCc2ccccc2F)nc2sc3c(c12)CCCC3. The molecule has 1 N–H and O–H groups in total. The highest BCUT2D eigenvalue weighted by Gasteiger charge is 2.21. The summed E-state index contributed by atoms with van der Waals surface area (Å²) in [6.45, 7) is 0.0844. The second-order valence-electron chi connectivity index (χ2n) is 7.33. The Bertz CT molecular complexity index is 1310. The van der Waals surface area contributed by atoms with Crippen molar-refractivity contribution in [2.24, 2.45) is 0 Å². The fraction of sp³-hybridized carbons (Fsp3) is 0.217. The summed E-state index contributed by atoms with van der Waals surface area (Å²) in [7, 11) is 0. The van der Waals surface area contributed by atoms with Crippen molar-refractivity contribution in [2.75, 3.05) is 0 Å². The zero-order chi connectivity index (χ0) is 20.7. The van der Waals surface area contributed by atoms with Crippen molar-refractivity contribution in [3.8, 4) is 17.1 Å². The van der Waals surface area contributed by atoms with Gasteiger partial charge in [-0.05, 0) is 55.5 Å². The van der Waals surface area contributed by atoms with Crippen LogP contribution in [0.5, 0.6) is 5.75 Å². The number of nitrogens with one attached hydrogen (secondary N) is 1.